The number of hydrogen-bond donors (Lipinski definition) is 0. The third-order valence-electron chi connectivity index (χ3n) is 0. The average molecular weight is 405 g/mol. The van der Waals surface area contributed by atoms with Crippen molar-refractivity contribution < 1.29 is 99.6 Å². The molecule has 0 heterocycles. The van der Waals surface area contributed by atoms with Gasteiger partial charge in [-0.1, -0.05) is 0 Å². The zero-order valence-electron chi connectivity index (χ0n) is 7.46. The van der Waals surface area contributed by atoms with Crippen molar-refractivity contribution in [3.05, 3.63) is 43.1 Å². The Labute approximate surface area is 146 Å². The Morgan fingerprint density at radius 1 is 0.636 bits per heavy atom. The van der Waals surface area contributed by atoms with Crippen molar-refractivity contribution in [1.82, 2.24) is 0 Å². The van der Waals surface area contributed by atoms with Crippen molar-refractivity contribution in [2.75, 3.05) is 0 Å². The number of hydrogen-bond acceptors (Lipinski definition) is 0. The second-order valence-corrected chi connectivity index (χ2v) is 0.866. The third kappa shape index (κ3) is 159. The smallest absolute Gasteiger partial charge is 0.447 e. The van der Waals surface area contributed by atoms with Crippen molar-refractivity contribution in [3.8, 4) is 0 Å². The molecule has 0 N–H and O–H groups in total. The second-order valence-electron chi connectivity index (χ2n) is 0.866. The van der Waals surface area contributed by atoms with Crippen LogP contribution in [0.4, 0.5) is 0 Å². The van der Waals surface area contributed by atoms with E-state index in [2.05, 4.69) is 20.8 Å². The molecule has 4 heteroatoms. The molecule has 0 spiro atoms. The first-order chi connectivity index (χ1) is 1.73. The fraction of sp³-hybridized carbons (Fsp3) is 0.143. The predicted octanol–water partition coefficient (Wildman–Crippen LogP) is 2.45. The van der Waals surface area contributed by atoms with Crippen LogP contribution in [0, 0.1) is 49.0 Å². The Bertz CT molecular complexity index is 19.2. The summed E-state index contributed by atoms with van der Waals surface area (Å²) in [5, 5.41) is 0. The van der Waals surface area contributed by atoms with Gasteiger partial charge in [0.2, 0.25) is 0 Å². The summed E-state index contributed by atoms with van der Waals surface area (Å²) in [4.78, 5) is 0. The summed E-state index contributed by atoms with van der Waals surface area (Å²) in [5.74, 6) is 0.0833. The van der Waals surface area contributed by atoms with E-state index in [0.717, 1.165) is 0 Å². The molecule has 0 nitrogen and oxygen atoms in total. The molecule has 0 amide bonds. The molecule has 0 aliphatic carbocycles. The molecule has 4 radical (unpaired) electrons. The molecule has 11 heavy (non-hydrogen) atoms. The third-order valence-corrected chi connectivity index (χ3v) is 0. The van der Waals surface area contributed by atoms with Crippen LogP contribution < -0.4 is 0 Å². The maximum absolute atomic E-state index is 3.42. The van der Waals surface area contributed by atoms with E-state index in [0.29, 0.717) is 0 Å². The van der Waals surface area contributed by atoms with Crippen molar-refractivity contribution in [1.29, 1.82) is 0 Å². The molecular formula is C7H16Cu2Y2-2. The number of rotatable bonds is 0. The minimum absolute atomic E-state index is 0. The van der Waals surface area contributed by atoms with Gasteiger partial charge in [-0.15, -0.1) is 0 Å². The monoisotopic (exact) mass is 404 g/mol. The second kappa shape index (κ2) is 50.9. The van der Waals surface area contributed by atoms with E-state index in [1.165, 1.54) is 0 Å². The molecule has 74 valence electrons. The van der Waals surface area contributed by atoms with Gasteiger partial charge < -0.3 is 49.0 Å². The van der Waals surface area contributed by atoms with Crippen LogP contribution in [0.25, 0.3) is 0 Å². The van der Waals surface area contributed by atoms with Crippen molar-refractivity contribution >= 4 is 0 Å². The maximum Gasteiger partial charge on any atom is 2.00 e. The van der Waals surface area contributed by atoms with Gasteiger partial charge in [-0.3, -0.25) is 0 Å². The molecule has 0 bridgehead atoms. The summed E-state index contributed by atoms with van der Waals surface area (Å²) in [6.45, 7) is 10.2. The van der Waals surface area contributed by atoms with Gasteiger partial charge in [0.05, 0.1) is 0 Å². The molecule has 0 fully saturated rings. The molecule has 0 saturated carbocycles. The SMILES string of the molecule is [CH2-]C([CH2-])[CH2-].[CH3-].[CH3-].[CH3-].[Cu+2].[Cu+2].[Y].[Y]. The van der Waals surface area contributed by atoms with Gasteiger partial charge in [0.15, 0.2) is 0 Å². The first-order valence-corrected chi connectivity index (χ1v) is 1.22. The van der Waals surface area contributed by atoms with Crippen molar-refractivity contribution in [2.45, 2.75) is 0 Å². The van der Waals surface area contributed by atoms with Crippen LogP contribution in [-0.2, 0) is 99.6 Å². The van der Waals surface area contributed by atoms with Gasteiger partial charge in [-0.25, -0.2) is 0 Å². The molecule has 0 aromatic rings. The van der Waals surface area contributed by atoms with E-state index in [1.807, 2.05) is 0 Å². The van der Waals surface area contributed by atoms with Gasteiger partial charge in [-0.05, 0) is 0 Å². The molecule has 0 aromatic heterocycles. The quantitative estimate of drug-likeness (QED) is 0.429. The Balaban J connectivity index is -0.00000000214. The molecule has 0 aliphatic rings. The normalized spacial score (nSPS) is 3.27. The summed E-state index contributed by atoms with van der Waals surface area (Å²) in [7, 11) is 0. The van der Waals surface area contributed by atoms with Gasteiger partial charge in [0.25, 0.3) is 0 Å². The topological polar surface area (TPSA) is 0 Å². The Hall–Kier alpha value is 3.25. The zero-order chi connectivity index (χ0) is 3.58. The minimum atomic E-state index is 0. The molecule has 0 aliphatic heterocycles. The predicted molar refractivity (Wildman–Crippen MR) is 38.8 cm³/mol. The molecule has 0 saturated heterocycles. The summed E-state index contributed by atoms with van der Waals surface area (Å²) >= 11 is 0. The fourth-order valence-corrected chi connectivity index (χ4v) is 0. The van der Waals surface area contributed by atoms with E-state index < -0.39 is 0 Å². The van der Waals surface area contributed by atoms with E-state index in [1.54, 1.807) is 0 Å². The van der Waals surface area contributed by atoms with Crippen molar-refractivity contribution in [2.24, 2.45) is 5.92 Å². The standard InChI is InChI=1S/C4H7.3CH3.2Cu.2Y/c1-4(2)3;;;;;;;/h4H,1-3H2;3*1H3;;;;/q-3;3*-1;2*+2;;. The molecule has 0 unspecified atom stereocenters. The van der Waals surface area contributed by atoms with E-state index in [9.17, 15) is 0 Å². The van der Waals surface area contributed by atoms with Gasteiger partial charge in [-0.2, -0.15) is 0 Å². The Morgan fingerprint density at radius 2 is 0.636 bits per heavy atom. The van der Waals surface area contributed by atoms with Crippen LogP contribution in [0.5, 0.6) is 0 Å². The van der Waals surface area contributed by atoms with Crippen LogP contribution in [0.15, 0.2) is 0 Å². The summed E-state index contributed by atoms with van der Waals surface area (Å²) < 4.78 is 0. The zero-order valence-corrected chi connectivity index (χ0v) is 15.0. The van der Waals surface area contributed by atoms with E-state index >= 15 is 0 Å². The summed E-state index contributed by atoms with van der Waals surface area (Å²) in [6.07, 6.45) is 0. The van der Waals surface area contributed by atoms with Gasteiger partial charge in [0, 0.05) is 65.4 Å². The van der Waals surface area contributed by atoms with E-state index in [-0.39, 0.29) is 128 Å². The minimum Gasteiger partial charge on any atom is -0.447 e. The Kier molecular flexibility index (Phi) is 297. The fourth-order valence-electron chi connectivity index (χ4n) is 0. The van der Waals surface area contributed by atoms with Crippen molar-refractivity contribution in [3.63, 3.8) is 0 Å². The molecule has 0 atom stereocenters. The van der Waals surface area contributed by atoms with Gasteiger partial charge >= 0.3 is 34.1 Å². The summed E-state index contributed by atoms with van der Waals surface area (Å²) in [6, 6.07) is 0. The van der Waals surface area contributed by atoms with Crippen LogP contribution in [0.1, 0.15) is 0 Å². The average Bonchev–Trinajstić information content (AvgIpc) is 0.811. The van der Waals surface area contributed by atoms with E-state index in [4.69, 9.17) is 0 Å². The largest absolute Gasteiger partial charge is 2.00 e. The first-order valence-electron chi connectivity index (χ1n) is 1.22. The molecule has 0 aromatic carbocycles. The Morgan fingerprint density at radius 3 is 0.636 bits per heavy atom. The first kappa shape index (κ1) is 64.1. The molecule has 0 rings (SSSR count). The summed E-state index contributed by atoms with van der Waals surface area (Å²) in [5.41, 5.74) is 0. The van der Waals surface area contributed by atoms with Crippen LogP contribution in [-0.4, -0.2) is 0 Å². The van der Waals surface area contributed by atoms with Crippen LogP contribution in [0.3, 0.4) is 0 Å². The maximum atomic E-state index is 3.42. The molecular weight excluding hydrogens is 389 g/mol. The van der Waals surface area contributed by atoms with Crippen LogP contribution in [0.2, 0.25) is 0 Å². The van der Waals surface area contributed by atoms with Crippen LogP contribution >= 0.6 is 0 Å². The van der Waals surface area contributed by atoms with Gasteiger partial charge in [0.1, 0.15) is 0 Å².